The molecule has 0 bridgehead atoms. The molecule has 0 radical (unpaired) electrons. The Morgan fingerprint density at radius 3 is 2.38 bits per heavy atom. The van der Waals surface area contributed by atoms with Crippen molar-refractivity contribution in [2.24, 2.45) is 11.7 Å². The second-order valence-corrected chi connectivity index (χ2v) is 6.91. The molecule has 0 heterocycles. The van der Waals surface area contributed by atoms with Gasteiger partial charge in [-0.05, 0) is 62.4 Å². The van der Waals surface area contributed by atoms with Crippen molar-refractivity contribution in [3.8, 4) is 0 Å². The van der Waals surface area contributed by atoms with E-state index in [9.17, 15) is 9.59 Å². The van der Waals surface area contributed by atoms with Gasteiger partial charge in [0.05, 0.1) is 0 Å². The second kappa shape index (κ2) is 7.22. The van der Waals surface area contributed by atoms with Crippen LogP contribution < -0.4 is 5.73 Å². The topological polar surface area (TPSA) is 78.6 Å². The zero-order valence-corrected chi connectivity index (χ0v) is 14.7. The van der Waals surface area contributed by atoms with E-state index in [1.54, 1.807) is 26.8 Å². The summed E-state index contributed by atoms with van der Waals surface area (Å²) in [5, 5.41) is 0. The SMILES string of the molecule is CC(C(=O)OC(N)c1cccc(I)c1)C(=O)OC(C)(C)C. The lowest BCUT2D eigenvalue weighted by Crippen LogP contribution is -2.33. The molecule has 0 saturated heterocycles. The van der Waals surface area contributed by atoms with Gasteiger partial charge in [0.15, 0.2) is 12.1 Å². The summed E-state index contributed by atoms with van der Waals surface area (Å²) in [6.07, 6.45) is -0.905. The maximum atomic E-state index is 11.9. The van der Waals surface area contributed by atoms with E-state index in [0.29, 0.717) is 5.56 Å². The van der Waals surface area contributed by atoms with E-state index < -0.39 is 29.7 Å². The van der Waals surface area contributed by atoms with Crippen LogP contribution in [0.2, 0.25) is 0 Å². The summed E-state index contributed by atoms with van der Waals surface area (Å²) in [7, 11) is 0. The standard InChI is InChI=1S/C15H20INO4/c1-9(14(19)21-15(2,3)4)13(18)20-12(17)10-6-5-7-11(16)8-10/h5-9,12H,17H2,1-4H3. The molecular weight excluding hydrogens is 385 g/mol. The quantitative estimate of drug-likeness (QED) is 0.361. The van der Waals surface area contributed by atoms with Crippen molar-refractivity contribution in [3.05, 3.63) is 33.4 Å². The molecule has 0 spiro atoms. The van der Waals surface area contributed by atoms with E-state index in [1.807, 2.05) is 18.2 Å². The Kier molecular flexibility index (Phi) is 6.15. The Morgan fingerprint density at radius 2 is 1.86 bits per heavy atom. The molecule has 2 unspecified atom stereocenters. The molecule has 2 atom stereocenters. The summed E-state index contributed by atoms with van der Waals surface area (Å²) in [6.45, 7) is 6.65. The highest BCUT2D eigenvalue weighted by molar-refractivity contribution is 14.1. The maximum Gasteiger partial charge on any atom is 0.321 e. The van der Waals surface area contributed by atoms with Crippen molar-refractivity contribution in [1.82, 2.24) is 0 Å². The van der Waals surface area contributed by atoms with Crippen LogP contribution in [0.4, 0.5) is 0 Å². The van der Waals surface area contributed by atoms with Gasteiger partial charge in [-0.1, -0.05) is 12.1 Å². The van der Waals surface area contributed by atoms with E-state index in [2.05, 4.69) is 22.6 Å². The molecule has 0 aliphatic heterocycles. The van der Waals surface area contributed by atoms with Crippen molar-refractivity contribution in [1.29, 1.82) is 0 Å². The number of carbonyl (C=O) groups excluding carboxylic acids is 2. The number of rotatable bonds is 4. The molecule has 0 amide bonds. The maximum absolute atomic E-state index is 11.9. The van der Waals surface area contributed by atoms with Crippen molar-refractivity contribution >= 4 is 34.5 Å². The third-order valence-electron chi connectivity index (χ3n) is 2.53. The molecule has 0 saturated carbocycles. The van der Waals surface area contributed by atoms with E-state index in [1.165, 1.54) is 6.92 Å². The first-order valence-corrected chi connectivity index (χ1v) is 7.62. The predicted octanol–water partition coefficient (Wildman–Crippen LogP) is 2.77. The van der Waals surface area contributed by atoms with Crippen molar-refractivity contribution in [3.63, 3.8) is 0 Å². The van der Waals surface area contributed by atoms with Gasteiger partial charge in [0, 0.05) is 9.13 Å². The van der Waals surface area contributed by atoms with Crippen LogP contribution in [0, 0.1) is 9.49 Å². The molecule has 1 rings (SSSR count). The second-order valence-electron chi connectivity index (χ2n) is 5.67. The summed E-state index contributed by atoms with van der Waals surface area (Å²) >= 11 is 2.14. The molecule has 0 aliphatic rings. The van der Waals surface area contributed by atoms with Crippen LogP contribution in [0.1, 0.15) is 39.5 Å². The molecule has 1 aromatic rings. The largest absolute Gasteiger partial charge is 0.459 e. The minimum absolute atomic E-state index is 0.623. The van der Waals surface area contributed by atoms with Crippen molar-refractivity contribution in [2.75, 3.05) is 0 Å². The highest BCUT2D eigenvalue weighted by atomic mass is 127. The third-order valence-corrected chi connectivity index (χ3v) is 3.21. The Balaban J connectivity index is 2.66. The summed E-state index contributed by atoms with van der Waals surface area (Å²) in [6, 6.07) is 7.30. The van der Waals surface area contributed by atoms with Crippen LogP contribution in [0.15, 0.2) is 24.3 Å². The van der Waals surface area contributed by atoms with E-state index in [-0.39, 0.29) is 0 Å². The first-order valence-electron chi connectivity index (χ1n) is 6.54. The van der Waals surface area contributed by atoms with Crippen molar-refractivity contribution < 1.29 is 19.1 Å². The van der Waals surface area contributed by atoms with Crippen LogP contribution in [-0.4, -0.2) is 17.5 Å². The molecule has 5 nitrogen and oxygen atoms in total. The minimum Gasteiger partial charge on any atom is -0.459 e. The predicted molar refractivity (Wildman–Crippen MR) is 87.2 cm³/mol. The minimum atomic E-state index is -1.02. The number of nitrogens with two attached hydrogens (primary N) is 1. The lowest BCUT2D eigenvalue weighted by atomic mass is 10.1. The van der Waals surface area contributed by atoms with Crippen LogP contribution in [-0.2, 0) is 19.1 Å². The highest BCUT2D eigenvalue weighted by Gasteiger charge is 2.29. The Morgan fingerprint density at radius 1 is 1.24 bits per heavy atom. The van der Waals surface area contributed by atoms with Gasteiger partial charge in [0.25, 0.3) is 0 Å². The molecular formula is C15H20INO4. The number of halogens is 1. The van der Waals surface area contributed by atoms with Crippen LogP contribution in [0.3, 0.4) is 0 Å². The summed E-state index contributed by atoms with van der Waals surface area (Å²) in [5.41, 5.74) is 5.85. The fourth-order valence-electron chi connectivity index (χ4n) is 1.47. The third kappa shape index (κ3) is 6.01. The molecule has 116 valence electrons. The van der Waals surface area contributed by atoms with Gasteiger partial charge < -0.3 is 9.47 Å². The van der Waals surface area contributed by atoms with Gasteiger partial charge in [-0.15, -0.1) is 0 Å². The average Bonchev–Trinajstić information content (AvgIpc) is 2.35. The number of esters is 2. The molecule has 21 heavy (non-hydrogen) atoms. The van der Waals surface area contributed by atoms with Gasteiger partial charge in [0.2, 0.25) is 0 Å². The van der Waals surface area contributed by atoms with Crippen molar-refractivity contribution in [2.45, 2.75) is 39.5 Å². The Labute approximate surface area is 138 Å². The Hall–Kier alpha value is -1.15. The van der Waals surface area contributed by atoms with Crippen LogP contribution in [0.5, 0.6) is 0 Å². The highest BCUT2D eigenvalue weighted by Crippen LogP contribution is 2.18. The van der Waals surface area contributed by atoms with Gasteiger partial charge in [-0.25, -0.2) is 0 Å². The lowest BCUT2D eigenvalue weighted by Gasteiger charge is -2.22. The number of ether oxygens (including phenoxy) is 2. The summed E-state index contributed by atoms with van der Waals surface area (Å²) in [4.78, 5) is 23.7. The number of carbonyl (C=O) groups is 2. The molecule has 0 fully saturated rings. The first-order chi connectivity index (χ1) is 9.60. The number of benzene rings is 1. The monoisotopic (exact) mass is 405 g/mol. The molecule has 1 aromatic carbocycles. The van der Waals surface area contributed by atoms with Gasteiger partial charge in [-0.2, -0.15) is 0 Å². The summed E-state index contributed by atoms with van der Waals surface area (Å²) in [5.74, 6) is -2.34. The fraction of sp³-hybridized carbons (Fsp3) is 0.467. The summed E-state index contributed by atoms with van der Waals surface area (Å²) < 4.78 is 11.3. The van der Waals surface area contributed by atoms with Gasteiger partial charge in [0.1, 0.15) is 5.60 Å². The van der Waals surface area contributed by atoms with Gasteiger partial charge in [-0.3, -0.25) is 15.3 Å². The normalized spacial score (nSPS) is 14.2. The first kappa shape index (κ1) is 17.9. The zero-order valence-electron chi connectivity index (χ0n) is 12.6. The lowest BCUT2D eigenvalue weighted by molar-refractivity contribution is -0.170. The molecule has 6 heteroatoms. The van der Waals surface area contributed by atoms with Crippen LogP contribution in [0.25, 0.3) is 0 Å². The Bertz CT molecular complexity index is 525. The zero-order chi connectivity index (χ0) is 16.2. The fourth-order valence-corrected chi connectivity index (χ4v) is 2.03. The molecule has 2 N–H and O–H groups in total. The molecule has 0 aliphatic carbocycles. The number of hydrogen-bond acceptors (Lipinski definition) is 5. The van der Waals surface area contributed by atoms with Gasteiger partial charge >= 0.3 is 11.9 Å². The number of hydrogen-bond donors (Lipinski definition) is 1. The smallest absolute Gasteiger partial charge is 0.321 e. The van der Waals surface area contributed by atoms with E-state index in [4.69, 9.17) is 15.2 Å². The van der Waals surface area contributed by atoms with E-state index in [0.717, 1.165) is 3.57 Å². The van der Waals surface area contributed by atoms with Crippen LogP contribution >= 0.6 is 22.6 Å². The van der Waals surface area contributed by atoms with E-state index >= 15 is 0 Å². The average molecular weight is 405 g/mol. The molecule has 0 aromatic heterocycles.